The second-order valence-electron chi connectivity index (χ2n) is 8.92. The number of nitrogens with one attached hydrogen (secondary N) is 2. The zero-order chi connectivity index (χ0) is 26.1. The fraction of sp³-hybridized carbons (Fsp3) is 0.185. The molecule has 0 saturated heterocycles. The third-order valence-electron chi connectivity index (χ3n) is 6.49. The summed E-state index contributed by atoms with van der Waals surface area (Å²) in [5, 5.41) is 12.7. The fourth-order valence-corrected chi connectivity index (χ4v) is 4.65. The Kier molecular flexibility index (Phi) is 6.00. The van der Waals surface area contributed by atoms with Gasteiger partial charge in [0, 0.05) is 18.3 Å². The van der Waals surface area contributed by atoms with E-state index in [0.29, 0.717) is 22.9 Å². The Morgan fingerprint density at radius 3 is 2.32 bits per heavy atom. The molecular formula is C27H23N7O4. The summed E-state index contributed by atoms with van der Waals surface area (Å²) in [6, 6.07) is 18.2. The molecule has 3 aromatic heterocycles. The minimum atomic E-state index is -0.516. The number of amides is 2. The van der Waals surface area contributed by atoms with Crippen LogP contribution in [0.1, 0.15) is 44.6 Å². The number of carbonyl (C=O) groups is 2. The first kappa shape index (κ1) is 23.3. The predicted octanol–water partition coefficient (Wildman–Crippen LogP) is 3.39. The van der Waals surface area contributed by atoms with Gasteiger partial charge in [-0.1, -0.05) is 53.7 Å². The highest BCUT2D eigenvalue weighted by atomic mass is 16.6. The Morgan fingerprint density at radius 1 is 0.921 bits per heavy atom. The number of nitrogens with zero attached hydrogens (tertiary/aromatic N) is 5. The molecule has 0 atom stereocenters. The van der Waals surface area contributed by atoms with Gasteiger partial charge in [0.2, 0.25) is 5.78 Å². The van der Waals surface area contributed by atoms with E-state index in [4.69, 9.17) is 4.74 Å². The summed E-state index contributed by atoms with van der Waals surface area (Å²) in [6.45, 7) is 2.25. The quantitative estimate of drug-likeness (QED) is 0.341. The minimum absolute atomic E-state index is 0.00378. The maximum Gasteiger partial charge on any atom is 0.407 e. The van der Waals surface area contributed by atoms with E-state index in [1.54, 1.807) is 29.8 Å². The Bertz CT molecular complexity index is 1610. The second-order valence-corrected chi connectivity index (χ2v) is 8.92. The van der Waals surface area contributed by atoms with Crippen molar-refractivity contribution in [1.82, 2.24) is 35.3 Å². The van der Waals surface area contributed by atoms with Crippen molar-refractivity contribution < 1.29 is 19.0 Å². The van der Waals surface area contributed by atoms with Gasteiger partial charge in [-0.25, -0.2) is 19.4 Å². The third-order valence-corrected chi connectivity index (χ3v) is 6.49. The summed E-state index contributed by atoms with van der Waals surface area (Å²) in [6.07, 6.45) is 3.04. The summed E-state index contributed by atoms with van der Waals surface area (Å²) < 4.78 is 11.9. The minimum Gasteiger partial charge on any atom is -0.449 e. The molecule has 2 aromatic carbocycles. The van der Waals surface area contributed by atoms with E-state index in [0.717, 1.165) is 11.1 Å². The average Bonchev–Trinajstić information content (AvgIpc) is 3.64. The van der Waals surface area contributed by atoms with Crippen molar-refractivity contribution in [3.63, 3.8) is 0 Å². The third kappa shape index (κ3) is 4.45. The van der Waals surface area contributed by atoms with E-state index in [-0.39, 0.29) is 31.3 Å². The van der Waals surface area contributed by atoms with Gasteiger partial charge in [0.1, 0.15) is 12.3 Å². The van der Waals surface area contributed by atoms with Crippen LogP contribution in [0.4, 0.5) is 4.79 Å². The lowest BCUT2D eigenvalue weighted by Gasteiger charge is -2.14. The molecule has 38 heavy (non-hydrogen) atoms. The number of carbonyl (C=O) groups excluding carboxylic acids is 2. The fourth-order valence-electron chi connectivity index (χ4n) is 4.65. The van der Waals surface area contributed by atoms with Crippen molar-refractivity contribution in [3.8, 4) is 11.1 Å². The molecule has 11 nitrogen and oxygen atoms in total. The highest BCUT2D eigenvalue weighted by Crippen LogP contribution is 2.44. The molecule has 190 valence electrons. The Hall–Kier alpha value is -5.06. The van der Waals surface area contributed by atoms with Crippen molar-refractivity contribution in [1.29, 1.82) is 0 Å². The molecule has 2 N–H and O–H groups in total. The van der Waals surface area contributed by atoms with Crippen LogP contribution in [0.5, 0.6) is 0 Å². The molecule has 0 unspecified atom stereocenters. The lowest BCUT2D eigenvalue weighted by Crippen LogP contribution is -2.26. The number of benzene rings is 2. The Balaban J connectivity index is 1.05. The van der Waals surface area contributed by atoms with Crippen LogP contribution in [-0.2, 0) is 17.8 Å². The van der Waals surface area contributed by atoms with E-state index < -0.39 is 12.0 Å². The first-order valence-corrected chi connectivity index (χ1v) is 12.1. The molecule has 0 spiro atoms. The largest absolute Gasteiger partial charge is 0.449 e. The SMILES string of the molecule is Cc1nonc1C(=O)NCc1cn2ccc(CNC(=O)OCC3c4ccccc4-c4ccccc43)nc2n1. The van der Waals surface area contributed by atoms with Gasteiger partial charge < -0.3 is 15.4 Å². The zero-order valence-corrected chi connectivity index (χ0v) is 20.4. The number of fused-ring (bicyclic) bond motifs is 4. The number of ether oxygens (including phenoxy) is 1. The molecule has 0 aliphatic heterocycles. The highest BCUT2D eigenvalue weighted by Gasteiger charge is 2.29. The van der Waals surface area contributed by atoms with E-state index in [2.05, 4.69) is 59.8 Å². The highest BCUT2D eigenvalue weighted by molar-refractivity contribution is 5.92. The number of aromatic nitrogens is 5. The molecule has 0 saturated carbocycles. The number of rotatable bonds is 7. The molecular weight excluding hydrogens is 486 g/mol. The van der Waals surface area contributed by atoms with Crippen LogP contribution in [0.15, 0.2) is 71.6 Å². The Labute approximate surface area is 216 Å². The second kappa shape index (κ2) is 9.77. The van der Waals surface area contributed by atoms with Crippen molar-refractivity contribution in [3.05, 3.63) is 101 Å². The number of hydrogen-bond acceptors (Lipinski definition) is 8. The number of hydrogen-bond donors (Lipinski definition) is 2. The van der Waals surface area contributed by atoms with Crippen LogP contribution < -0.4 is 10.6 Å². The molecule has 1 aliphatic carbocycles. The Morgan fingerprint density at radius 2 is 1.61 bits per heavy atom. The van der Waals surface area contributed by atoms with Crippen molar-refractivity contribution >= 4 is 17.8 Å². The van der Waals surface area contributed by atoms with Gasteiger partial charge in [0.25, 0.3) is 5.91 Å². The van der Waals surface area contributed by atoms with Gasteiger partial charge in [-0.05, 0) is 40.4 Å². The van der Waals surface area contributed by atoms with Crippen LogP contribution in [0.3, 0.4) is 0 Å². The van der Waals surface area contributed by atoms with E-state index in [1.807, 2.05) is 24.3 Å². The number of alkyl carbamates (subject to hydrolysis) is 1. The van der Waals surface area contributed by atoms with Gasteiger partial charge >= 0.3 is 6.09 Å². The normalized spacial score (nSPS) is 12.2. The van der Waals surface area contributed by atoms with Crippen LogP contribution in [-0.4, -0.2) is 43.3 Å². The molecule has 0 radical (unpaired) electrons. The van der Waals surface area contributed by atoms with Gasteiger partial charge in [0.15, 0.2) is 5.69 Å². The zero-order valence-electron chi connectivity index (χ0n) is 20.4. The standard InChI is InChI=1S/C27H23N7O4/c1-16-24(33-38-32-16)25(35)28-13-18-14-34-11-10-17(30-26(34)31-18)12-29-27(36)37-15-23-21-8-4-2-6-19(21)20-7-3-5-9-22(20)23/h2-11,14,23H,12-13,15H2,1H3,(H,28,35)(H,29,36). The summed E-state index contributed by atoms with van der Waals surface area (Å²) in [7, 11) is 0. The lowest BCUT2D eigenvalue weighted by molar-refractivity contribution is 0.0940. The molecule has 3 heterocycles. The predicted molar refractivity (Wildman–Crippen MR) is 135 cm³/mol. The summed E-state index contributed by atoms with van der Waals surface area (Å²) in [5.41, 5.74) is 6.46. The van der Waals surface area contributed by atoms with Gasteiger partial charge in [-0.15, -0.1) is 0 Å². The van der Waals surface area contributed by atoms with Crippen LogP contribution >= 0.6 is 0 Å². The number of aryl methyl sites for hydroxylation is 1. The van der Waals surface area contributed by atoms with Gasteiger partial charge in [0.05, 0.1) is 24.5 Å². The molecule has 0 fully saturated rings. The van der Waals surface area contributed by atoms with Crippen molar-refractivity contribution in [2.75, 3.05) is 6.61 Å². The number of imidazole rings is 1. The van der Waals surface area contributed by atoms with Crippen LogP contribution in [0, 0.1) is 6.92 Å². The van der Waals surface area contributed by atoms with Gasteiger partial charge in [-0.2, -0.15) is 0 Å². The molecule has 0 bridgehead atoms. The smallest absolute Gasteiger partial charge is 0.407 e. The maximum absolute atomic E-state index is 12.5. The first-order valence-electron chi connectivity index (χ1n) is 12.1. The van der Waals surface area contributed by atoms with Crippen molar-refractivity contribution in [2.24, 2.45) is 0 Å². The molecule has 2 amide bonds. The first-order chi connectivity index (χ1) is 18.6. The molecule has 1 aliphatic rings. The maximum atomic E-state index is 12.5. The van der Waals surface area contributed by atoms with Crippen LogP contribution in [0.25, 0.3) is 16.9 Å². The summed E-state index contributed by atoms with van der Waals surface area (Å²) in [4.78, 5) is 33.6. The molecule has 11 heteroatoms. The molecule has 6 rings (SSSR count). The van der Waals surface area contributed by atoms with Crippen LogP contribution in [0.2, 0.25) is 0 Å². The summed E-state index contributed by atoms with van der Waals surface area (Å²) >= 11 is 0. The van der Waals surface area contributed by atoms with E-state index in [1.165, 1.54) is 11.1 Å². The monoisotopic (exact) mass is 509 g/mol. The lowest BCUT2D eigenvalue weighted by atomic mass is 9.98. The van der Waals surface area contributed by atoms with Gasteiger partial charge in [-0.3, -0.25) is 9.20 Å². The summed E-state index contributed by atoms with van der Waals surface area (Å²) in [5.74, 6) is 0.0399. The van der Waals surface area contributed by atoms with E-state index >= 15 is 0 Å². The molecule has 5 aromatic rings. The van der Waals surface area contributed by atoms with Crippen molar-refractivity contribution in [2.45, 2.75) is 25.9 Å². The average molecular weight is 510 g/mol. The van der Waals surface area contributed by atoms with E-state index in [9.17, 15) is 9.59 Å². The topological polar surface area (TPSA) is 137 Å².